The fourth-order valence-electron chi connectivity index (χ4n) is 3.13. The number of fused-ring (bicyclic) bond motifs is 1. The molecule has 0 aliphatic carbocycles. The number of benzene rings is 3. The van der Waals surface area contributed by atoms with Crippen LogP contribution in [0.4, 0.5) is 11.4 Å². The summed E-state index contributed by atoms with van der Waals surface area (Å²) < 4.78 is 66.6. The Hall–Kier alpha value is -3.24. The average molecular weight is 475 g/mol. The summed E-state index contributed by atoms with van der Waals surface area (Å²) in [5, 5.41) is 0. The molecule has 10 heteroatoms. The predicted molar refractivity (Wildman–Crippen MR) is 121 cm³/mol. The molecule has 0 bridgehead atoms. The van der Waals surface area contributed by atoms with Crippen molar-refractivity contribution < 1.29 is 26.3 Å². The first-order valence-corrected chi connectivity index (χ1v) is 12.7. The van der Waals surface area contributed by atoms with E-state index in [1.54, 1.807) is 12.1 Å². The molecule has 3 aromatic carbocycles. The quantitative estimate of drug-likeness (QED) is 0.564. The molecule has 4 rings (SSSR count). The van der Waals surface area contributed by atoms with E-state index < -0.39 is 20.0 Å². The van der Waals surface area contributed by atoms with Gasteiger partial charge < -0.3 is 9.47 Å². The molecule has 2 N–H and O–H groups in total. The molecule has 0 spiro atoms. The number of ether oxygens (including phenoxy) is 2. The van der Waals surface area contributed by atoms with E-state index in [4.69, 9.17) is 9.47 Å². The molecule has 0 amide bonds. The molecule has 0 saturated heterocycles. The topological polar surface area (TPSA) is 111 Å². The standard InChI is InChI=1S/C22H22N2O6S2/c1-15-3-4-18(13-16(15)2)24-31(25,26)19-7-5-17(6-8-19)23-32(27,28)20-9-10-21-22(14-20)30-12-11-29-21/h3-10,13-14,23-24H,11-12H2,1-2H3. The molecule has 0 atom stereocenters. The van der Waals surface area contributed by atoms with Crippen LogP contribution in [0.25, 0.3) is 0 Å². The van der Waals surface area contributed by atoms with Gasteiger partial charge in [-0.05, 0) is 73.5 Å². The van der Waals surface area contributed by atoms with E-state index in [9.17, 15) is 16.8 Å². The maximum Gasteiger partial charge on any atom is 0.262 e. The summed E-state index contributed by atoms with van der Waals surface area (Å²) >= 11 is 0. The van der Waals surface area contributed by atoms with Crippen molar-refractivity contribution in [3.63, 3.8) is 0 Å². The Morgan fingerprint density at radius 2 is 1.19 bits per heavy atom. The number of aryl methyl sites for hydroxylation is 2. The molecule has 8 nitrogen and oxygen atoms in total. The lowest BCUT2D eigenvalue weighted by molar-refractivity contribution is 0.171. The van der Waals surface area contributed by atoms with Gasteiger partial charge in [-0.2, -0.15) is 0 Å². The predicted octanol–water partition coefficient (Wildman–Crippen LogP) is 3.68. The Labute approximate surface area is 187 Å². The fourth-order valence-corrected chi connectivity index (χ4v) is 5.25. The summed E-state index contributed by atoms with van der Waals surface area (Å²) in [7, 11) is -7.73. The zero-order chi connectivity index (χ0) is 22.9. The van der Waals surface area contributed by atoms with Crippen LogP contribution < -0.4 is 18.9 Å². The van der Waals surface area contributed by atoms with Crippen LogP contribution >= 0.6 is 0 Å². The highest BCUT2D eigenvalue weighted by atomic mass is 32.2. The van der Waals surface area contributed by atoms with Crippen molar-refractivity contribution in [2.24, 2.45) is 0 Å². The maximum atomic E-state index is 12.7. The summed E-state index contributed by atoms with van der Waals surface area (Å²) in [5.74, 6) is 0.846. The van der Waals surface area contributed by atoms with Gasteiger partial charge in [0.2, 0.25) is 0 Å². The number of nitrogens with one attached hydrogen (secondary N) is 2. The van der Waals surface area contributed by atoms with Crippen LogP contribution in [0.1, 0.15) is 11.1 Å². The first-order valence-electron chi connectivity index (χ1n) is 9.77. The Morgan fingerprint density at radius 3 is 1.88 bits per heavy atom. The van der Waals surface area contributed by atoms with Gasteiger partial charge in [-0.15, -0.1) is 0 Å². The minimum absolute atomic E-state index is 0.00913. The molecule has 1 aliphatic rings. The van der Waals surface area contributed by atoms with Crippen LogP contribution in [0.2, 0.25) is 0 Å². The minimum Gasteiger partial charge on any atom is -0.486 e. The second kappa shape index (κ2) is 8.36. The summed E-state index contributed by atoms with van der Waals surface area (Å²) in [4.78, 5) is 0.0212. The van der Waals surface area contributed by atoms with E-state index in [2.05, 4.69) is 9.44 Å². The number of rotatable bonds is 6. The van der Waals surface area contributed by atoms with Crippen LogP contribution in [0.15, 0.2) is 70.5 Å². The Bertz CT molecular complexity index is 1370. The highest BCUT2D eigenvalue weighted by Crippen LogP contribution is 2.33. The average Bonchev–Trinajstić information content (AvgIpc) is 2.76. The first kappa shape index (κ1) is 22.0. The van der Waals surface area contributed by atoms with Gasteiger partial charge in [-0.1, -0.05) is 6.07 Å². The van der Waals surface area contributed by atoms with Crippen LogP contribution in [-0.4, -0.2) is 30.0 Å². The monoisotopic (exact) mass is 474 g/mol. The van der Waals surface area contributed by atoms with Crippen molar-refractivity contribution in [2.45, 2.75) is 23.6 Å². The molecule has 0 radical (unpaired) electrons. The third-order valence-corrected chi connectivity index (χ3v) is 7.78. The summed E-state index contributed by atoms with van der Waals surface area (Å²) in [6, 6.07) is 15.1. The van der Waals surface area contributed by atoms with Crippen molar-refractivity contribution in [3.8, 4) is 11.5 Å². The lowest BCUT2D eigenvalue weighted by atomic mass is 10.1. The zero-order valence-corrected chi connectivity index (χ0v) is 19.1. The maximum absolute atomic E-state index is 12.7. The number of hydrogen-bond donors (Lipinski definition) is 2. The van der Waals surface area contributed by atoms with Gasteiger partial charge in [0.05, 0.1) is 9.79 Å². The second-order valence-electron chi connectivity index (χ2n) is 7.34. The van der Waals surface area contributed by atoms with Gasteiger partial charge in [0.25, 0.3) is 20.0 Å². The molecular weight excluding hydrogens is 452 g/mol. The smallest absolute Gasteiger partial charge is 0.262 e. The largest absolute Gasteiger partial charge is 0.486 e. The van der Waals surface area contributed by atoms with Crippen molar-refractivity contribution in [1.82, 2.24) is 0 Å². The Kier molecular flexibility index (Phi) is 5.74. The van der Waals surface area contributed by atoms with E-state index in [0.717, 1.165) is 11.1 Å². The highest BCUT2D eigenvalue weighted by molar-refractivity contribution is 7.93. The number of anilines is 2. The molecule has 0 fully saturated rings. The van der Waals surface area contributed by atoms with Crippen LogP contribution in [0.3, 0.4) is 0 Å². The highest BCUT2D eigenvalue weighted by Gasteiger charge is 2.20. The van der Waals surface area contributed by atoms with E-state index in [1.807, 2.05) is 19.9 Å². The normalized spacial score (nSPS) is 13.4. The van der Waals surface area contributed by atoms with E-state index in [1.165, 1.54) is 42.5 Å². The van der Waals surface area contributed by atoms with Crippen molar-refractivity contribution in [3.05, 3.63) is 71.8 Å². The first-order chi connectivity index (χ1) is 15.1. The fraction of sp³-hybridized carbons (Fsp3) is 0.182. The van der Waals surface area contributed by atoms with E-state index in [0.29, 0.717) is 30.4 Å². The molecule has 1 aliphatic heterocycles. The van der Waals surface area contributed by atoms with Gasteiger partial charge in [-0.25, -0.2) is 16.8 Å². The van der Waals surface area contributed by atoms with Gasteiger partial charge in [-0.3, -0.25) is 9.44 Å². The van der Waals surface area contributed by atoms with Crippen LogP contribution in [0.5, 0.6) is 11.5 Å². The lowest BCUT2D eigenvalue weighted by Crippen LogP contribution is -2.17. The number of hydrogen-bond acceptors (Lipinski definition) is 6. The Morgan fingerprint density at radius 1 is 0.625 bits per heavy atom. The van der Waals surface area contributed by atoms with Gasteiger partial charge in [0.1, 0.15) is 13.2 Å². The lowest BCUT2D eigenvalue weighted by Gasteiger charge is -2.19. The molecule has 3 aromatic rings. The summed E-state index contributed by atoms with van der Waals surface area (Å²) in [5.41, 5.74) is 2.71. The van der Waals surface area contributed by atoms with Gasteiger partial charge in [0.15, 0.2) is 11.5 Å². The van der Waals surface area contributed by atoms with Crippen molar-refractivity contribution in [1.29, 1.82) is 0 Å². The van der Waals surface area contributed by atoms with E-state index in [-0.39, 0.29) is 15.5 Å². The van der Waals surface area contributed by atoms with Gasteiger partial charge in [0, 0.05) is 17.4 Å². The van der Waals surface area contributed by atoms with Gasteiger partial charge >= 0.3 is 0 Å². The molecule has 0 aromatic heterocycles. The molecule has 168 valence electrons. The van der Waals surface area contributed by atoms with Crippen molar-refractivity contribution >= 4 is 31.4 Å². The zero-order valence-electron chi connectivity index (χ0n) is 17.5. The minimum atomic E-state index is -3.90. The van der Waals surface area contributed by atoms with Crippen LogP contribution in [-0.2, 0) is 20.0 Å². The summed E-state index contributed by atoms with van der Waals surface area (Å²) in [6.07, 6.45) is 0. The molecule has 1 heterocycles. The van der Waals surface area contributed by atoms with E-state index >= 15 is 0 Å². The summed E-state index contributed by atoms with van der Waals surface area (Å²) in [6.45, 7) is 4.59. The molecular formula is C22H22N2O6S2. The molecule has 0 saturated carbocycles. The molecule has 0 unspecified atom stereocenters. The third kappa shape index (κ3) is 4.66. The Balaban J connectivity index is 1.51. The third-order valence-electron chi connectivity index (χ3n) is 5.00. The second-order valence-corrected chi connectivity index (χ2v) is 10.7. The van der Waals surface area contributed by atoms with Crippen LogP contribution in [0, 0.1) is 13.8 Å². The molecule has 32 heavy (non-hydrogen) atoms. The van der Waals surface area contributed by atoms with Crippen molar-refractivity contribution in [2.75, 3.05) is 22.7 Å². The number of sulfonamides is 2. The SMILES string of the molecule is Cc1ccc(NS(=O)(=O)c2ccc(NS(=O)(=O)c3ccc4c(c3)OCCO4)cc2)cc1C.